The molecule has 1 aromatic rings. The number of aryl methyl sites for hydroxylation is 1. The van der Waals surface area contributed by atoms with E-state index in [1.54, 1.807) is 6.92 Å². The number of carbonyl (C=O) groups is 2. The topological polar surface area (TPSA) is 34.1 Å². The van der Waals surface area contributed by atoms with E-state index in [2.05, 4.69) is 0 Å². The van der Waals surface area contributed by atoms with Gasteiger partial charge in [0.15, 0.2) is 5.78 Å². The van der Waals surface area contributed by atoms with E-state index in [1.807, 2.05) is 45.0 Å². The van der Waals surface area contributed by atoms with Crippen molar-refractivity contribution < 1.29 is 9.59 Å². The normalized spacial score (nSPS) is 12.3. The van der Waals surface area contributed by atoms with Gasteiger partial charge in [0.25, 0.3) is 0 Å². The highest BCUT2D eigenvalue weighted by molar-refractivity contribution is 5.98. The molecule has 0 heterocycles. The predicted molar refractivity (Wildman–Crippen MR) is 76.0 cm³/mol. The van der Waals surface area contributed by atoms with Gasteiger partial charge >= 0.3 is 0 Å². The third-order valence-electron chi connectivity index (χ3n) is 2.67. The Morgan fingerprint density at radius 2 is 1.72 bits per heavy atom. The van der Waals surface area contributed by atoms with E-state index in [0.717, 1.165) is 24.8 Å². The van der Waals surface area contributed by atoms with Crippen LogP contribution in [-0.4, -0.2) is 11.6 Å². The van der Waals surface area contributed by atoms with E-state index in [0.29, 0.717) is 12.2 Å². The lowest BCUT2D eigenvalue weighted by Gasteiger charge is -2.12. The fraction of sp³-hybridized carbons (Fsp3) is 0.500. The van der Waals surface area contributed by atoms with Crippen molar-refractivity contribution in [2.75, 3.05) is 0 Å². The second kappa shape index (κ2) is 9.58. The first kappa shape index (κ1) is 16.6. The summed E-state index contributed by atoms with van der Waals surface area (Å²) in [4.78, 5) is 21.1. The third-order valence-corrected chi connectivity index (χ3v) is 2.67. The Morgan fingerprint density at radius 1 is 1.17 bits per heavy atom. The molecule has 0 aliphatic heterocycles. The number of ketones is 2. The van der Waals surface area contributed by atoms with Gasteiger partial charge in [-0.1, -0.05) is 45.0 Å². The molecule has 2 heteroatoms. The molecule has 1 aliphatic carbocycles. The van der Waals surface area contributed by atoms with Crippen molar-refractivity contribution >= 4 is 11.6 Å². The minimum atomic E-state index is 0.255. The summed E-state index contributed by atoms with van der Waals surface area (Å²) in [6.07, 6.45) is 3.49. The lowest BCUT2D eigenvalue weighted by molar-refractivity contribution is -0.116. The lowest BCUT2D eigenvalue weighted by Crippen LogP contribution is -2.09. The Bertz CT molecular complexity index is 380. The third kappa shape index (κ3) is 5.76. The quantitative estimate of drug-likeness (QED) is 0.745. The lowest BCUT2D eigenvalue weighted by atomic mass is 9.91. The van der Waals surface area contributed by atoms with Crippen molar-refractivity contribution in [3.8, 4) is 0 Å². The highest BCUT2D eigenvalue weighted by atomic mass is 16.1. The Kier molecular flexibility index (Phi) is 8.81. The summed E-state index contributed by atoms with van der Waals surface area (Å²) in [7, 11) is 0. The van der Waals surface area contributed by atoms with Crippen LogP contribution in [-0.2, 0) is 11.2 Å². The van der Waals surface area contributed by atoms with Gasteiger partial charge in [-0.05, 0) is 25.3 Å². The molecule has 0 amide bonds. The summed E-state index contributed by atoms with van der Waals surface area (Å²) >= 11 is 0. The number of carbonyl (C=O) groups excluding carboxylic acids is 2. The van der Waals surface area contributed by atoms with Crippen LogP contribution in [0.2, 0.25) is 0 Å². The van der Waals surface area contributed by atoms with E-state index in [-0.39, 0.29) is 5.78 Å². The molecule has 2 rings (SSSR count). The second-order valence-corrected chi connectivity index (χ2v) is 3.99. The summed E-state index contributed by atoms with van der Waals surface area (Å²) in [6, 6.07) is 7.91. The molecule has 100 valence electrons. The number of hydrogen-bond acceptors (Lipinski definition) is 2. The first-order valence-corrected chi connectivity index (χ1v) is 6.75. The van der Waals surface area contributed by atoms with E-state index in [1.165, 1.54) is 5.56 Å². The summed E-state index contributed by atoms with van der Waals surface area (Å²) in [6.45, 7) is 7.43. The maximum Gasteiger partial charge on any atom is 0.163 e. The van der Waals surface area contributed by atoms with E-state index in [4.69, 9.17) is 0 Å². The standard InChI is InChI=1S/C10H10O.C4H8O.C2H6/c11-10-7-3-5-8-4-1-2-6-9(8)10;1-3-4(2)5;1-2/h1-2,4,6H,3,5,7H2;3H2,1-2H3;1-2H3. The van der Waals surface area contributed by atoms with Gasteiger partial charge in [-0.3, -0.25) is 4.79 Å². The minimum absolute atomic E-state index is 0.255. The van der Waals surface area contributed by atoms with Crippen LogP contribution in [0.4, 0.5) is 0 Å². The maximum atomic E-state index is 11.3. The van der Waals surface area contributed by atoms with Crippen molar-refractivity contribution in [1.82, 2.24) is 0 Å². The van der Waals surface area contributed by atoms with Gasteiger partial charge in [-0.15, -0.1) is 0 Å². The van der Waals surface area contributed by atoms with Gasteiger partial charge in [0.05, 0.1) is 0 Å². The molecule has 0 bridgehead atoms. The van der Waals surface area contributed by atoms with E-state index >= 15 is 0 Å². The van der Waals surface area contributed by atoms with E-state index < -0.39 is 0 Å². The molecule has 0 aromatic heterocycles. The van der Waals surface area contributed by atoms with Crippen molar-refractivity contribution in [2.24, 2.45) is 0 Å². The monoisotopic (exact) mass is 248 g/mol. The average Bonchev–Trinajstić information content (AvgIpc) is 2.42. The molecule has 0 saturated heterocycles. The minimum Gasteiger partial charge on any atom is -0.300 e. The number of benzene rings is 1. The second-order valence-electron chi connectivity index (χ2n) is 3.99. The Labute approximate surface area is 110 Å². The number of hydrogen-bond donors (Lipinski definition) is 0. The molecule has 1 aliphatic rings. The summed E-state index contributed by atoms with van der Waals surface area (Å²) < 4.78 is 0. The molecule has 0 N–H and O–H groups in total. The fourth-order valence-corrected chi connectivity index (χ4v) is 1.58. The number of fused-ring (bicyclic) bond motifs is 1. The Hall–Kier alpha value is -1.44. The van der Waals surface area contributed by atoms with Gasteiger partial charge in [-0.2, -0.15) is 0 Å². The Morgan fingerprint density at radius 3 is 2.22 bits per heavy atom. The molecule has 0 radical (unpaired) electrons. The summed E-state index contributed by atoms with van der Waals surface area (Å²) in [5.41, 5.74) is 2.17. The van der Waals surface area contributed by atoms with Crippen LogP contribution >= 0.6 is 0 Å². The molecule has 2 nitrogen and oxygen atoms in total. The predicted octanol–water partition coefficient (Wildman–Crippen LogP) is 4.22. The molecular weight excluding hydrogens is 224 g/mol. The average molecular weight is 248 g/mol. The largest absolute Gasteiger partial charge is 0.300 e. The molecule has 0 fully saturated rings. The first-order valence-electron chi connectivity index (χ1n) is 6.75. The van der Waals surface area contributed by atoms with Crippen molar-refractivity contribution in [1.29, 1.82) is 0 Å². The summed E-state index contributed by atoms with van der Waals surface area (Å²) in [5.74, 6) is 0.567. The van der Waals surface area contributed by atoms with Crippen LogP contribution in [0.1, 0.15) is 62.9 Å². The molecule has 1 aromatic carbocycles. The smallest absolute Gasteiger partial charge is 0.163 e. The van der Waals surface area contributed by atoms with Crippen molar-refractivity contribution in [2.45, 2.75) is 53.4 Å². The van der Waals surface area contributed by atoms with Gasteiger partial charge < -0.3 is 4.79 Å². The van der Waals surface area contributed by atoms with Gasteiger partial charge in [0.1, 0.15) is 5.78 Å². The number of Topliss-reactive ketones (excluding diaryl/α,β-unsaturated/α-hetero) is 2. The maximum absolute atomic E-state index is 11.3. The summed E-state index contributed by atoms with van der Waals surface area (Å²) in [5, 5.41) is 0. The molecular formula is C16H24O2. The fourth-order valence-electron chi connectivity index (χ4n) is 1.58. The first-order chi connectivity index (χ1) is 8.65. The van der Waals surface area contributed by atoms with Crippen LogP contribution in [0.25, 0.3) is 0 Å². The zero-order chi connectivity index (χ0) is 14.0. The van der Waals surface area contributed by atoms with Gasteiger partial charge in [0.2, 0.25) is 0 Å². The zero-order valence-corrected chi connectivity index (χ0v) is 12.0. The van der Waals surface area contributed by atoms with Crippen LogP contribution in [0.15, 0.2) is 24.3 Å². The number of rotatable bonds is 1. The van der Waals surface area contributed by atoms with Crippen molar-refractivity contribution in [3.05, 3.63) is 35.4 Å². The van der Waals surface area contributed by atoms with Gasteiger partial charge in [-0.25, -0.2) is 0 Å². The van der Waals surface area contributed by atoms with Gasteiger partial charge in [0, 0.05) is 18.4 Å². The molecule has 0 spiro atoms. The van der Waals surface area contributed by atoms with E-state index in [9.17, 15) is 9.59 Å². The highest BCUT2D eigenvalue weighted by Gasteiger charge is 2.14. The van der Waals surface area contributed by atoms with Crippen LogP contribution in [0.3, 0.4) is 0 Å². The van der Waals surface area contributed by atoms with Crippen molar-refractivity contribution in [3.63, 3.8) is 0 Å². The van der Waals surface area contributed by atoms with Crippen LogP contribution in [0.5, 0.6) is 0 Å². The zero-order valence-electron chi connectivity index (χ0n) is 12.0. The Balaban J connectivity index is 0.000000354. The molecule has 0 atom stereocenters. The van der Waals surface area contributed by atoms with Crippen LogP contribution < -0.4 is 0 Å². The SMILES string of the molecule is CC.CCC(C)=O.O=C1CCCc2ccccc21. The molecule has 0 unspecified atom stereocenters. The van der Waals surface area contributed by atoms with Crippen LogP contribution in [0, 0.1) is 0 Å². The molecule has 0 saturated carbocycles. The molecule has 18 heavy (non-hydrogen) atoms. The highest BCUT2D eigenvalue weighted by Crippen LogP contribution is 2.19.